The summed E-state index contributed by atoms with van der Waals surface area (Å²) in [4.78, 5) is 15.6. The first-order valence-corrected chi connectivity index (χ1v) is 18.5. The van der Waals surface area contributed by atoms with Crippen LogP contribution < -0.4 is 0 Å². The number of hydrogen-bond acceptors (Lipinski definition) is 4. The van der Waals surface area contributed by atoms with Crippen LogP contribution in [0.3, 0.4) is 0 Å². The molecule has 0 N–H and O–H groups in total. The largest absolute Gasteiger partial charge is 0.455 e. The zero-order valence-electron chi connectivity index (χ0n) is 29.6. The third-order valence-electron chi connectivity index (χ3n) is 10.7. The lowest BCUT2D eigenvalue weighted by molar-refractivity contribution is 0.670. The molecule has 4 heteroatoms. The highest BCUT2D eigenvalue weighted by Gasteiger charge is 2.21. The Morgan fingerprint density at radius 2 is 0.836 bits per heavy atom. The van der Waals surface area contributed by atoms with Crippen molar-refractivity contribution in [2.45, 2.75) is 0 Å². The Hall–Kier alpha value is -7.43. The molecule has 0 amide bonds. The van der Waals surface area contributed by atoms with Crippen molar-refractivity contribution in [1.82, 2.24) is 15.0 Å². The van der Waals surface area contributed by atoms with E-state index in [-0.39, 0.29) is 0 Å². The molecular formula is C51H31N3O. The Labute approximate surface area is 317 Å². The van der Waals surface area contributed by atoms with Gasteiger partial charge >= 0.3 is 0 Å². The predicted molar refractivity (Wildman–Crippen MR) is 227 cm³/mol. The van der Waals surface area contributed by atoms with Crippen molar-refractivity contribution < 1.29 is 4.42 Å². The van der Waals surface area contributed by atoms with Crippen LogP contribution in [0.5, 0.6) is 0 Å². The predicted octanol–water partition coefficient (Wildman–Crippen LogP) is 13.6. The van der Waals surface area contributed by atoms with Gasteiger partial charge in [0.15, 0.2) is 17.5 Å². The molecule has 9 aromatic carbocycles. The van der Waals surface area contributed by atoms with Gasteiger partial charge in [-0.05, 0) is 79.3 Å². The maximum Gasteiger partial charge on any atom is 0.164 e. The van der Waals surface area contributed by atoms with Crippen LogP contribution in [-0.2, 0) is 0 Å². The summed E-state index contributed by atoms with van der Waals surface area (Å²) in [5.74, 6) is 1.84. The van der Waals surface area contributed by atoms with Crippen molar-refractivity contribution in [3.05, 3.63) is 188 Å². The van der Waals surface area contributed by atoms with Crippen LogP contribution in [0.25, 0.3) is 111 Å². The van der Waals surface area contributed by atoms with E-state index in [4.69, 9.17) is 19.4 Å². The standard InChI is InChI=1S/C51H31N3O/c1-3-13-37-30-39(26-22-32(37)10-1)34-20-24-36(25-21-34)42-28-29-45(47-44-17-7-8-19-46(44)55-48(42)47)51-53-49(40-27-23-33-11-2-4-14-38(33)31-40)52-50(54-51)43-18-9-15-35-12-5-6-16-41(35)43/h1-31H. The van der Waals surface area contributed by atoms with Crippen LogP contribution in [-0.4, -0.2) is 15.0 Å². The fraction of sp³-hybridized carbons (Fsp3) is 0. The second-order valence-corrected chi connectivity index (χ2v) is 14.0. The van der Waals surface area contributed by atoms with Crippen LogP contribution in [0.1, 0.15) is 0 Å². The molecule has 11 rings (SSSR count). The maximum atomic E-state index is 6.73. The quantitative estimate of drug-likeness (QED) is 0.179. The van der Waals surface area contributed by atoms with E-state index < -0.39 is 0 Å². The van der Waals surface area contributed by atoms with Gasteiger partial charge in [0.05, 0.1) is 0 Å². The highest BCUT2D eigenvalue weighted by atomic mass is 16.3. The lowest BCUT2D eigenvalue weighted by Crippen LogP contribution is -2.01. The topological polar surface area (TPSA) is 51.8 Å². The highest BCUT2D eigenvalue weighted by molar-refractivity contribution is 6.16. The molecule has 0 unspecified atom stereocenters. The Balaban J connectivity index is 1.10. The number of rotatable bonds is 5. The minimum Gasteiger partial charge on any atom is -0.455 e. The molecule has 11 aromatic rings. The first kappa shape index (κ1) is 31.1. The summed E-state index contributed by atoms with van der Waals surface area (Å²) in [6, 6.07) is 65.8. The average molecular weight is 702 g/mol. The Morgan fingerprint density at radius 3 is 1.60 bits per heavy atom. The molecule has 256 valence electrons. The maximum absolute atomic E-state index is 6.73. The zero-order chi connectivity index (χ0) is 36.3. The van der Waals surface area contributed by atoms with Crippen molar-refractivity contribution in [1.29, 1.82) is 0 Å². The van der Waals surface area contributed by atoms with E-state index in [1.54, 1.807) is 0 Å². The van der Waals surface area contributed by atoms with E-state index in [0.29, 0.717) is 17.5 Å². The van der Waals surface area contributed by atoms with Gasteiger partial charge in [-0.15, -0.1) is 0 Å². The number of hydrogen-bond donors (Lipinski definition) is 0. The molecule has 0 radical (unpaired) electrons. The van der Waals surface area contributed by atoms with Gasteiger partial charge < -0.3 is 4.42 Å². The summed E-state index contributed by atoms with van der Waals surface area (Å²) in [5.41, 5.74) is 8.84. The van der Waals surface area contributed by atoms with Gasteiger partial charge in [-0.2, -0.15) is 0 Å². The van der Waals surface area contributed by atoms with Crippen LogP contribution >= 0.6 is 0 Å². The summed E-state index contributed by atoms with van der Waals surface area (Å²) >= 11 is 0. The smallest absolute Gasteiger partial charge is 0.164 e. The van der Waals surface area contributed by atoms with Gasteiger partial charge in [0.1, 0.15) is 11.2 Å². The van der Waals surface area contributed by atoms with Crippen LogP contribution in [0.15, 0.2) is 192 Å². The van der Waals surface area contributed by atoms with E-state index in [1.165, 1.54) is 27.3 Å². The minimum absolute atomic E-state index is 0.593. The molecular weight excluding hydrogens is 671 g/mol. The van der Waals surface area contributed by atoms with E-state index in [1.807, 2.05) is 12.1 Å². The van der Waals surface area contributed by atoms with Gasteiger partial charge in [0, 0.05) is 33.0 Å². The van der Waals surface area contributed by atoms with Crippen molar-refractivity contribution in [3.8, 4) is 56.4 Å². The van der Waals surface area contributed by atoms with Crippen LogP contribution in [0.2, 0.25) is 0 Å². The molecule has 0 aliphatic carbocycles. The van der Waals surface area contributed by atoms with Gasteiger partial charge in [0.25, 0.3) is 0 Å². The highest BCUT2D eigenvalue weighted by Crippen LogP contribution is 2.42. The molecule has 4 nitrogen and oxygen atoms in total. The minimum atomic E-state index is 0.593. The molecule has 0 spiro atoms. The van der Waals surface area contributed by atoms with E-state index >= 15 is 0 Å². The molecule has 0 aliphatic rings. The number of para-hydroxylation sites is 1. The fourth-order valence-electron chi connectivity index (χ4n) is 7.95. The van der Waals surface area contributed by atoms with Crippen molar-refractivity contribution in [2.24, 2.45) is 0 Å². The summed E-state index contributed by atoms with van der Waals surface area (Å²) < 4.78 is 6.73. The molecule has 2 aromatic heterocycles. The van der Waals surface area contributed by atoms with Crippen molar-refractivity contribution in [3.63, 3.8) is 0 Å². The molecule has 55 heavy (non-hydrogen) atoms. The van der Waals surface area contributed by atoms with E-state index in [9.17, 15) is 0 Å². The molecule has 0 saturated heterocycles. The first-order valence-electron chi connectivity index (χ1n) is 18.5. The second kappa shape index (κ2) is 12.6. The number of benzene rings is 9. The summed E-state index contributed by atoms with van der Waals surface area (Å²) in [6.07, 6.45) is 0. The number of aromatic nitrogens is 3. The monoisotopic (exact) mass is 701 g/mol. The van der Waals surface area contributed by atoms with Gasteiger partial charge in [-0.3, -0.25) is 0 Å². The third kappa shape index (κ3) is 5.34. The summed E-state index contributed by atoms with van der Waals surface area (Å²) in [6.45, 7) is 0. The van der Waals surface area contributed by atoms with Gasteiger partial charge in [-0.1, -0.05) is 158 Å². The lowest BCUT2D eigenvalue weighted by Gasteiger charge is -2.12. The van der Waals surface area contributed by atoms with Crippen molar-refractivity contribution in [2.75, 3.05) is 0 Å². The SMILES string of the molecule is c1ccc2cc(-c3ccc(-c4ccc(-c5nc(-c6ccc7ccccc7c6)nc(-c6cccc7ccccc67)n5)c5c4oc4ccccc45)cc3)ccc2c1. The fourth-order valence-corrected chi connectivity index (χ4v) is 7.95. The lowest BCUT2D eigenvalue weighted by atomic mass is 9.95. The summed E-state index contributed by atoms with van der Waals surface area (Å²) in [5, 5.41) is 8.99. The van der Waals surface area contributed by atoms with Crippen LogP contribution in [0.4, 0.5) is 0 Å². The molecule has 0 atom stereocenters. The molecule has 0 fully saturated rings. The zero-order valence-corrected chi connectivity index (χ0v) is 29.6. The van der Waals surface area contributed by atoms with E-state index in [0.717, 1.165) is 65.9 Å². The number of furan rings is 1. The Morgan fingerprint density at radius 1 is 0.309 bits per heavy atom. The van der Waals surface area contributed by atoms with Crippen molar-refractivity contribution >= 4 is 54.3 Å². The Kier molecular flexibility index (Phi) is 7.14. The molecule has 0 saturated carbocycles. The normalized spacial score (nSPS) is 11.6. The Bertz CT molecular complexity index is 3270. The van der Waals surface area contributed by atoms with Crippen LogP contribution in [0, 0.1) is 0 Å². The van der Waals surface area contributed by atoms with Gasteiger partial charge in [0.2, 0.25) is 0 Å². The number of nitrogens with zero attached hydrogens (tertiary/aromatic N) is 3. The van der Waals surface area contributed by atoms with E-state index in [2.05, 4.69) is 176 Å². The molecule has 2 heterocycles. The number of fused-ring (bicyclic) bond motifs is 6. The molecule has 0 bridgehead atoms. The van der Waals surface area contributed by atoms with Gasteiger partial charge in [-0.25, -0.2) is 15.0 Å². The first-order chi connectivity index (χ1) is 27.2. The second-order valence-electron chi connectivity index (χ2n) is 14.0. The average Bonchev–Trinajstić information content (AvgIpc) is 3.65. The summed E-state index contributed by atoms with van der Waals surface area (Å²) in [7, 11) is 0. The molecule has 0 aliphatic heterocycles. The third-order valence-corrected chi connectivity index (χ3v) is 10.7.